The van der Waals surface area contributed by atoms with Crippen molar-refractivity contribution in [2.75, 3.05) is 35.6 Å². The van der Waals surface area contributed by atoms with Crippen molar-refractivity contribution in [2.45, 2.75) is 25.5 Å². The van der Waals surface area contributed by atoms with E-state index in [0.29, 0.717) is 11.2 Å². The van der Waals surface area contributed by atoms with Crippen LogP contribution in [-0.2, 0) is 0 Å². The van der Waals surface area contributed by atoms with Gasteiger partial charge in [-0.05, 0) is 6.42 Å². The van der Waals surface area contributed by atoms with Gasteiger partial charge in [0.05, 0.1) is 11.6 Å². The normalized spacial score (nSPS) is 19.5. The van der Waals surface area contributed by atoms with Gasteiger partial charge < -0.3 is 10.2 Å². The molecule has 0 amide bonds. The second-order valence-electron chi connectivity index (χ2n) is 5.06. The van der Waals surface area contributed by atoms with Crippen LogP contribution >= 0.6 is 11.8 Å². The maximum Gasteiger partial charge on any atom is 0.226 e. The molecular weight excluding hydrogens is 272 g/mol. The first-order valence-electron chi connectivity index (χ1n) is 7.09. The fourth-order valence-corrected chi connectivity index (χ4v) is 3.40. The largest absolute Gasteiger partial charge is 0.354 e. The van der Waals surface area contributed by atoms with Gasteiger partial charge in [-0.2, -0.15) is 26.8 Å². The fourth-order valence-electron chi connectivity index (χ4n) is 2.39. The third-order valence-electron chi connectivity index (χ3n) is 3.36. The molecule has 1 unspecified atom stereocenters. The van der Waals surface area contributed by atoms with E-state index in [-0.39, 0.29) is 0 Å². The lowest BCUT2D eigenvalue weighted by molar-refractivity contribution is 0.772. The van der Waals surface area contributed by atoms with Gasteiger partial charge >= 0.3 is 0 Å². The SMILES string of the molecule is CCCNc1nc(N2CCSC(C)C2)c2cn[nH]c2n1. The van der Waals surface area contributed by atoms with E-state index in [4.69, 9.17) is 4.98 Å². The Balaban J connectivity index is 1.96. The number of hydrogen-bond acceptors (Lipinski definition) is 6. The van der Waals surface area contributed by atoms with Crippen molar-refractivity contribution < 1.29 is 0 Å². The number of fused-ring (bicyclic) bond motifs is 1. The van der Waals surface area contributed by atoms with Crippen LogP contribution < -0.4 is 10.2 Å². The summed E-state index contributed by atoms with van der Waals surface area (Å²) in [4.78, 5) is 11.5. The summed E-state index contributed by atoms with van der Waals surface area (Å²) < 4.78 is 0. The van der Waals surface area contributed by atoms with E-state index < -0.39 is 0 Å². The average molecular weight is 292 g/mol. The zero-order chi connectivity index (χ0) is 13.9. The number of aromatic nitrogens is 4. The molecule has 2 aromatic heterocycles. The number of nitrogens with one attached hydrogen (secondary N) is 2. The van der Waals surface area contributed by atoms with Crippen LogP contribution in [0, 0.1) is 0 Å². The van der Waals surface area contributed by atoms with Gasteiger partial charge in [-0.3, -0.25) is 5.10 Å². The molecule has 0 aliphatic carbocycles. The number of rotatable bonds is 4. The van der Waals surface area contributed by atoms with Crippen LogP contribution in [0.5, 0.6) is 0 Å². The van der Waals surface area contributed by atoms with E-state index in [1.54, 1.807) is 0 Å². The number of anilines is 2. The highest BCUT2D eigenvalue weighted by Gasteiger charge is 2.21. The van der Waals surface area contributed by atoms with Gasteiger partial charge in [0.15, 0.2) is 5.65 Å². The smallest absolute Gasteiger partial charge is 0.226 e. The van der Waals surface area contributed by atoms with E-state index in [0.717, 1.165) is 48.7 Å². The first kappa shape index (κ1) is 13.5. The summed E-state index contributed by atoms with van der Waals surface area (Å²) in [5.41, 5.74) is 0.805. The summed E-state index contributed by atoms with van der Waals surface area (Å²) in [6, 6.07) is 0. The number of hydrogen-bond donors (Lipinski definition) is 2. The molecule has 6 nitrogen and oxygen atoms in total. The highest BCUT2D eigenvalue weighted by atomic mass is 32.2. The van der Waals surface area contributed by atoms with Crippen LogP contribution in [0.4, 0.5) is 11.8 Å². The first-order valence-corrected chi connectivity index (χ1v) is 8.14. The van der Waals surface area contributed by atoms with Gasteiger partial charge in [0, 0.05) is 30.6 Å². The summed E-state index contributed by atoms with van der Waals surface area (Å²) in [7, 11) is 0. The molecule has 20 heavy (non-hydrogen) atoms. The Labute approximate surface area is 122 Å². The molecule has 108 valence electrons. The van der Waals surface area contributed by atoms with Crippen molar-refractivity contribution in [3.05, 3.63) is 6.20 Å². The molecule has 1 aliphatic heterocycles. The summed E-state index contributed by atoms with van der Waals surface area (Å²) in [5.74, 6) is 2.82. The average Bonchev–Trinajstić information content (AvgIpc) is 2.92. The van der Waals surface area contributed by atoms with Crippen molar-refractivity contribution in [3.8, 4) is 0 Å². The number of nitrogens with zero attached hydrogens (tertiary/aromatic N) is 4. The van der Waals surface area contributed by atoms with Crippen molar-refractivity contribution in [3.63, 3.8) is 0 Å². The van der Waals surface area contributed by atoms with E-state index in [9.17, 15) is 0 Å². The molecule has 1 fully saturated rings. The molecule has 0 saturated carbocycles. The van der Waals surface area contributed by atoms with Gasteiger partial charge in [0.1, 0.15) is 5.82 Å². The zero-order valence-electron chi connectivity index (χ0n) is 11.9. The third kappa shape index (κ3) is 2.67. The third-order valence-corrected chi connectivity index (χ3v) is 4.50. The van der Waals surface area contributed by atoms with E-state index in [2.05, 4.69) is 39.2 Å². The maximum absolute atomic E-state index is 4.70. The van der Waals surface area contributed by atoms with Gasteiger partial charge in [0.25, 0.3) is 0 Å². The molecule has 0 radical (unpaired) electrons. The highest BCUT2D eigenvalue weighted by molar-refractivity contribution is 8.00. The minimum Gasteiger partial charge on any atom is -0.354 e. The molecule has 1 atom stereocenters. The molecule has 1 saturated heterocycles. The van der Waals surface area contributed by atoms with Crippen molar-refractivity contribution in [2.24, 2.45) is 0 Å². The highest BCUT2D eigenvalue weighted by Crippen LogP contribution is 2.28. The van der Waals surface area contributed by atoms with Gasteiger partial charge in [-0.25, -0.2) is 0 Å². The molecule has 2 aromatic rings. The van der Waals surface area contributed by atoms with E-state index in [1.165, 1.54) is 0 Å². The minimum atomic E-state index is 0.632. The van der Waals surface area contributed by atoms with E-state index in [1.807, 2.05) is 18.0 Å². The van der Waals surface area contributed by atoms with Gasteiger partial charge in [-0.1, -0.05) is 13.8 Å². The Bertz CT molecular complexity index is 583. The topological polar surface area (TPSA) is 69.7 Å². The summed E-state index contributed by atoms with van der Waals surface area (Å²) in [5, 5.41) is 12.0. The van der Waals surface area contributed by atoms with Crippen molar-refractivity contribution in [1.82, 2.24) is 20.2 Å². The molecule has 0 bridgehead atoms. The van der Waals surface area contributed by atoms with Crippen LogP contribution in [-0.4, -0.2) is 50.8 Å². The standard InChI is InChI=1S/C13H20N6S/c1-3-4-14-13-16-11-10(7-15-18-11)12(17-13)19-5-6-20-9(2)8-19/h7,9H,3-6,8H2,1-2H3,(H2,14,15,16,17,18). The molecule has 0 aromatic carbocycles. The lowest BCUT2D eigenvalue weighted by Crippen LogP contribution is -2.37. The molecule has 1 aliphatic rings. The molecule has 3 heterocycles. The Hall–Kier alpha value is -1.50. The first-order chi connectivity index (χ1) is 9.78. The van der Waals surface area contributed by atoms with Gasteiger partial charge in [0.2, 0.25) is 5.95 Å². The quantitative estimate of drug-likeness (QED) is 0.899. The van der Waals surface area contributed by atoms with Crippen LogP contribution in [0.1, 0.15) is 20.3 Å². The molecule has 7 heteroatoms. The maximum atomic E-state index is 4.70. The van der Waals surface area contributed by atoms with E-state index >= 15 is 0 Å². The Kier molecular flexibility index (Phi) is 3.95. The van der Waals surface area contributed by atoms with Crippen LogP contribution in [0.25, 0.3) is 11.0 Å². The monoisotopic (exact) mass is 292 g/mol. The summed E-state index contributed by atoms with van der Waals surface area (Å²) in [6.45, 7) is 7.33. The van der Waals surface area contributed by atoms with Crippen LogP contribution in [0.15, 0.2) is 6.20 Å². The lowest BCUT2D eigenvalue weighted by Gasteiger charge is -2.31. The number of thioether (sulfide) groups is 1. The molecular formula is C13H20N6S. The predicted molar refractivity (Wildman–Crippen MR) is 84.6 cm³/mol. The number of aromatic amines is 1. The Morgan fingerprint density at radius 2 is 2.40 bits per heavy atom. The second-order valence-corrected chi connectivity index (χ2v) is 6.60. The van der Waals surface area contributed by atoms with Crippen LogP contribution in [0.3, 0.4) is 0 Å². The molecule has 2 N–H and O–H groups in total. The summed E-state index contributed by atoms with van der Waals surface area (Å²) >= 11 is 2.02. The van der Waals surface area contributed by atoms with Crippen molar-refractivity contribution in [1.29, 1.82) is 0 Å². The Morgan fingerprint density at radius 3 is 3.20 bits per heavy atom. The second kappa shape index (κ2) is 5.87. The van der Waals surface area contributed by atoms with Gasteiger partial charge in [-0.15, -0.1) is 0 Å². The number of H-pyrrole nitrogens is 1. The Morgan fingerprint density at radius 1 is 1.50 bits per heavy atom. The predicted octanol–water partition coefficient (Wildman–Crippen LogP) is 2.12. The fraction of sp³-hybridized carbons (Fsp3) is 0.615. The lowest BCUT2D eigenvalue weighted by atomic mass is 10.3. The summed E-state index contributed by atoms with van der Waals surface area (Å²) in [6.07, 6.45) is 2.87. The molecule has 0 spiro atoms. The minimum absolute atomic E-state index is 0.632. The molecule has 3 rings (SSSR count). The van der Waals surface area contributed by atoms with Crippen LogP contribution in [0.2, 0.25) is 0 Å². The van der Waals surface area contributed by atoms with Crippen molar-refractivity contribution >= 4 is 34.6 Å². The zero-order valence-corrected chi connectivity index (χ0v) is 12.7.